The third-order valence-electron chi connectivity index (χ3n) is 5.80. The van der Waals surface area contributed by atoms with E-state index in [-0.39, 0.29) is 6.10 Å². The summed E-state index contributed by atoms with van der Waals surface area (Å²) in [7, 11) is 0. The molecular weight excluding hydrogens is 364 g/mol. The zero-order valence-electron chi connectivity index (χ0n) is 16.9. The molecule has 4 heterocycles. The molecule has 0 radical (unpaired) electrons. The van der Waals surface area contributed by atoms with Crippen LogP contribution in [0.5, 0.6) is 0 Å². The highest BCUT2D eigenvalue weighted by atomic mass is 16.5. The van der Waals surface area contributed by atoms with E-state index in [1.165, 1.54) is 5.56 Å². The summed E-state index contributed by atoms with van der Waals surface area (Å²) in [5.74, 6) is 1.64. The molecule has 2 unspecified atom stereocenters. The van der Waals surface area contributed by atoms with Gasteiger partial charge < -0.3 is 9.64 Å². The van der Waals surface area contributed by atoms with Gasteiger partial charge in [-0.3, -0.25) is 9.88 Å². The number of ether oxygens (including phenoxy) is 1. The minimum absolute atomic E-state index is 0.201. The molecule has 0 aliphatic carbocycles. The van der Waals surface area contributed by atoms with Gasteiger partial charge in [-0.2, -0.15) is 5.10 Å². The maximum Gasteiger partial charge on any atom is 0.174 e. The number of hydrogen-bond donors (Lipinski definition) is 0. The van der Waals surface area contributed by atoms with Crippen LogP contribution in [0.1, 0.15) is 17.0 Å². The van der Waals surface area contributed by atoms with Crippen LogP contribution in [0, 0.1) is 13.8 Å². The van der Waals surface area contributed by atoms with Gasteiger partial charge in [-0.25, -0.2) is 9.67 Å². The Kier molecular flexibility index (Phi) is 4.77. The van der Waals surface area contributed by atoms with Gasteiger partial charge in [0.1, 0.15) is 5.82 Å². The summed E-state index contributed by atoms with van der Waals surface area (Å²) in [5.41, 5.74) is 3.38. The molecule has 29 heavy (non-hydrogen) atoms. The predicted octanol–water partition coefficient (Wildman–Crippen LogP) is 2.37. The number of morpholine rings is 1. The summed E-state index contributed by atoms with van der Waals surface area (Å²) in [5, 5.41) is 4.54. The van der Waals surface area contributed by atoms with E-state index in [0.717, 1.165) is 55.8 Å². The highest BCUT2D eigenvalue weighted by Crippen LogP contribution is 2.27. The molecule has 2 saturated heterocycles. The summed E-state index contributed by atoms with van der Waals surface area (Å²) < 4.78 is 7.96. The molecule has 3 aromatic rings. The van der Waals surface area contributed by atoms with Crippen molar-refractivity contribution in [1.29, 1.82) is 0 Å². The van der Waals surface area contributed by atoms with Gasteiger partial charge in [0.05, 0.1) is 36.8 Å². The van der Waals surface area contributed by atoms with Crippen LogP contribution in [-0.2, 0) is 11.3 Å². The van der Waals surface area contributed by atoms with Crippen LogP contribution in [0.4, 0.5) is 5.82 Å². The van der Waals surface area contributed by atoms with E-state index in [4.69, 9.17) is 9.72 Å². The molecule has 0 N–H and O–H groups in total. The zero-order chi connectivity index (χ0) is 19.8. The predicted molar refractivity (Wildman–Crippen MR) is 111 cm³/mol. The van der Waals surface area contributed by atoms with Crippen molar-refractivity contribution in [1.82, 2.24) is 24.6 Å². The average Bonchev–Trinajstić information content (AvgIpc) is 3.32. The molecule has 0 saturated carbocycles. The third-order valence-corrected chi connectivity index (χ3v) is 5.80. The summed E-state index contributed by atoms with van der Waals surface area (Å²) in [4.78, 5) is 14.1. The molecular formula is C22H26N6O. The highest BCUT2D eigenvalue weighted by molar-refractivity contribution is 5.42. The first-order valence-electron chi connectivity index (χ1n) is 10.2. The van der Waals surface area contributed by atoms with Crippen molar-refractivity contribution in [2.24, 2.45) is 0 Å². The van der Waals surface area contributed by atoms with Crippen LogP contribution in [-0.4, -0.2) is 63.0 Å². The lowest BCUT2D eigenvalue weighted by molar-refractivity contribution is -0.0499. The molecule has 1 aromatic carbocycles. The van der Waals surface area contributed by atoms with Crippen LogP contribution in [0.25, 0.3) is 5.82 Å². The number of hydrogen-bond acceptors (Lipinski definition) is 6. The second-order valence-electron chi connectivity index (χ2n) is 7.91. The van der Waals surface area contributed by atoms with E-state index in [9.17, 15) is 0 Å². The van der Waals surface area contributed by atoms with Gasteiger partial charge in [-0.1, -0.05) is 30.3 Å². The van der Waals surface area contributed by atoms with Gasteiger partial charge in [0.15, 0.2) is 5.82 Å². The Hall–Kier alpha value is -2.77. The fourth-order valence-corrected chi connectivity index (χ4v) is 4.42. The SMILES string of the molecule is Cc1cc(C)n(-c2cncc(N3CC4OCCN(Cc5ccccc5)C4C3)n2)n1. The molecule has 2 aliphatic rings. The Labute approximate surface area is 170 Å². The molecule has 0 amide bonds. The van der Waals surface area contributed by atoms with E-state index in [1.54, 1.807) is 6.20 Å². The van der Waals surface area contributed by atoms with Gasteiger partial charge >= 0.3 is 0 Å². The Morgan fingerprint density at radius 1 is 1.07 bits per heavy atom. The first-order valence-corrected chi connectivity index (χ1v) is 10.2. The third kappa shape index (κ3) is 3.63. The van der Waals surface area contributed by atoms with Crippen LogP contribution < -0.4 is 4.90 Å². The Balaban J connectivity index is 1.36. The fraction of sp³-hybridized carbons (Fsp3) is 0.409. The molecule has 7 nitrogen and oxygen atoms in total. The number of aromatic nitrogens is 4. The molecule has 2 fully saturated rings. The Morgan fingerprint density at radius 3 is 2.69 bits per heavy atom. The molecule has 0 spiro atoms. The molecule has 5 rings (SSSR count). The van der Waals surface area contributed by atoms with Gasteiger partial charge in [-0.05, 0) is 25.5 Å². The highest BCUT2D eigenvalue weighted by Gasteiger charge is 2.40. The van der Waals surface area contributed by atoms with Gasteiger partial charge in [0.25, 0.3) is 0 Å². The minimum Gasteiger partial charge on any atom is -0.373 e. The largest absolute Gasteiger partial charge is 0.373 e. The number of nitrogens with zero attached hydrogens (tertiary/aromatic N) is 6. The van der Waals surface area contributed by atoms with E-state index in [1.807, 2.05) is 30.8 Å². The first kappa shape index (κ1) is 18.3. The van der Waals surface area contributed by atoms with Crippen molar-refractivity contribution >= 4 is 5.82 Å². The standard InChI is InChI=1S/C22H26N6O/c1-16-10-17(2)28(25-16)22-12-23-11-21(24-22)27-14-19-20(15-27)29-9-8-26(19)13-18-6-4-3-5-7-18/h3-7,10-12,19-20H,8-9,13-15H2,1-2H3. The van der Waals surface area contributed by atoms with Crippen LogP contribution in [0.3, 0.4) is 0 Å². The average molecular weight is 390 g/mol. The van der Waals surface area contributed by atoms with E-state index >= 15 is 0 Å². The maximum absolute atomic E-state index is 6.11. The lowest BCUT2D eigenvalue weighted by Crippen LogP contribution is -2.50. The quantitative estimate of drug-likeness (QED) is 0.682. The van der Waals surface area contributed by atoms with Crippen LogP contribution in [0.15, 0.2) is 48.8 Å². The second kappa shape index (κ2) is 7.57. The topological polar surface area (TPSA) is 59.3 Å². The van der Waals surface area contributed by atoms with E-state index < -0.39 is 0 Å². The van der Waals surface area contributed by atoms with Crippen molar-refractivity contribution < 1.29 is 4.74 Å². The zero-order valence-corrected chi connectivity index (χ0v) is 16.9. The summed E-state index contributed by atoms with van der Waals surface area (Å²) >= 11 is 0. The molecule has 2 aliphatic heterocycles. The molecule has 0 bridgehead atoms. The Morgan fingerprint density at radius 2 is 1.90 bits per heavy atom. The fourth-order valence-electron chi connectivity index (χ4n) is 4.42. The minimum atomic E-state index is 0.201. The normalized spacial score (nSPS) is 22.1. The van der Waals surface area contributed by atoms with Crippen LogP contribution in [0.2, 0.25) is 0 Å². The van der Waals surface area contributed by atoms with Crippen molar-refractivity contribution in [3.63, 3.8) is 0 Å². The van der Waals surface area contributed by atoms with E-state index in [2.05, 4.69) is 50.2 Å². The van der Waals surface area contributed by atoms with Crippen molar-refractivity contribution in [2.75, 3.05) is 31.1 Å². The molecule has 7 heteroatoms. The molecule has 150 valence electrons. The number of rotatable bonds is 4. The van der Waals surface area contributed by atoms with Gasteiger partial charge in [0, 0.05) is 31.9 Å². The van der Waals surface area contributed by atoms with Crippen molar-refractivity contribution in [3.8, 4) is 5.82 Å². The maximum atomic E-state index is 6.11. The first-order chi connectivity index (χ1) is 14.2. The van der Waals surface area contributed by atoms with E-state index in [0.29, 0.717) is 6.04 Å². The number of anilines is 1. The lowest BCUT2D eigenvalue weighted by Gasteiger charge is -2.36. The monoisotopic (exact) mass is 390 g/mol. The number of fused-ring (bicyclic) bond motifs is 1. The smallest absolute Gasteiger partial charge is 0.174 e. The Bertz CT molecular complexity index is 988. The molecule has 2 atom stereocenters. The van der Waals surface area contributed by atoms with Crippen LogP contribution >= 0.6 is 0 Å². The van der Waals surface area contributed by atoms with Gasteiger partial charge in [0.2, 0.25) is 0 Å². The summed E-state index contributed by atoms with van der Waals surface area (Å²) in [6.07, 6.45) is 3.81. The number of benzene rings is 1. The van der Waals surface area contributed by atoms with Gasteiger partial charge in [-0.15, -0.1) is 0 Å². The number of aryl methyl sites for hydroxylation is 2. The summed E-state index contributed by atoms with van der Waals surface area (Å²) in [6, 6.07) is 13.1. The molecule has 2 aromatic heterocycles. The lowest BCUT2D eigenvalue weighted by atomic mass is 10.1. The second-order valence-corrected chi connectivity index (χ2v) is 7.91. The van der Waals surface area contributed by atoms with Crippen molar-refractivity contribution in [3.05, 3.63) is 65.7 Å². The summed E-state index contributed by atoms with van der Waals surface area (Å²) in [6.45, 7) is 8.45. The van der Waals surface area contributed by atoms with Crippen molar-refractivity contribution in [2.45, 2.75) is 32.5 Å².